The van der Waals surface area contributed by atoms with Crippen LogP contribution in [0.2, 0.25) is 0 Å². The fourth-order valence-electron chi connectivity index (χ4n) is 5.56. The lowest BCUT2D eigenvalue weighted by atomic mass is 10.0. The molecule has 2 heteroatoms. The summed E-state index contributed by atoms with van der Waals surface area (Å²) in [4.78, 5) is 0. The van der Waals surface area contributed by atoms with Gasteiger partial charge < -0.3 is 9.13 Å². The summed E-state index contributed by atoms with van der Waals surface area (Å²) in [6, 6.07) is 45.8. The number of hydrogen-bond acceptors (Lipinski definition) is 0. The van der Waals surface area contributed by atoms with Gasteiger partial charge in [-0.1, -0.05) is 109 Å². The van der Waals surface area contributed by atoms with E-state index in [1.807, 2.05) is 0 Å². The first-order chi connectivity index (χ1) is 17.3. The van der Waals surface area contributed by atoms with Crippen LogP contribution in [0, 0.1) is 0 Å². The van der Waals surface area contributed by atoms with E-state index in [1.54, 1.807) is 0 Å². The molecule has 166 valence electrons. The highest BCUT2D eigenvalue weighted by atomic mass is 15.0. The summed E-state index contributed by atoms with van der Waals surface area (Å²) in [6.45, 7) is 0. The van der Waals surface area contributed by atoms with E-state index < -0.39 is 0 Å². The van der Waals surface area contributed by atoms with Crippen molar-refractivity contribution < 1.29 is 0 Å². The maximum Gasteiger partial charge on any atom is 0.0613 e. The van der Waals surface area contributed by atoms with Crippen molar-refractivity contribution in [3.8, 4) is 28.2 Å². The van der Waals surface area contributed by atoms with Crippen LogP contribution in [0.1, 0.15) is 0 Å². The molecule has 0 aliphatic rings. The zero-order valence-corrected chi connectivity index (χ0v) is 19.5. The molecule has 0 saturated carbocycles. The minimum Gasteiger partial charge on any atom is -0.344 e. The molecule has 0 amide bonds. The summed E-state index contributed by atoms with van der Waals surface area (Å²) in [5.41, 5.74) is 8.52. The molecule has 0 radical (unpaired) electrons. The van der Waals surface area contributed by atoms with Crippen LogP contribution in [0.15, 0.2) is 127 Å². The van der Waals surface area contributed by atoms with Crippen LogP contribution in [0.4, 0.5) is 0 Å². The van der Waals surface area contributed by atoms with E-state index >= 15 is 0 Å². The third-order valence-electron chi connectivity index (χ3n) is 7.14. The second kappa shape index (κ2) is 7.75. The molecule has 0 spiro atoms. The molecule has 0 N–H and O–H groups in total. The highest BCUT2D eigenvalue weighted by Crippen LogP contribution is 2.42. The van der Waals surface area contributed by atoms with Crippen LogP contribution in [-0.4, -0.2) is 9.13 Å². The van der Waals surface area contributed by atoms with Crippen molar-refractivity contribution in [1.29, 1.82) is 0 Å². The Morgan fingerprint density at radius 2 is 0.914 bits per heavy atom. The van der Waals surface area contributed by atoms with Gasteiger partial charge in [0, 0.05) is 39.8 Å². The number of fused-ring (bicyclic) bond motifs is 4. The summed E-state index contributed by atoms with van der Waals surface area (Å²) >= 11 is 0. The summed E-state index contributed by atoms with van der Waals surface area (Å²) in [5.74, 6) is 0. The van der Waals surface area contributed by atoms with E-state index in [4.69, 9.17) is 0 Å². The fraction of sp³-hybridized carbons (Fsp3) is 0.0303. The minimum atomic E-state index is 1.16. The lowest BCUT2D eigenvalue weighted by molar-refractivity contribution is 1.01. The molecule has 5 aromatic carbocycles. The van der Waals surface area contributed by atoms with Crippen molar-refractivity contribution in [3.63, 3.8) is 0 Å². The maximum atomic E-state index is 2.45. The zero-order valence-electron chi connectivity index (χ0n) is 19.5. The van der Waals surface area contributed by atoms with Crippen molar-refractivity contribution in [2.24, 2.45) is 7.05 Å². The molecule has 0 aliphatic heterocycles. The van der Waals surface area contributed by atoms with Crippen molar-refractivity contribution >= 4 is 32.6 Å². The zero-order chi connectivity index (χ0) is 23.4. The van der Waals surface area contributed by atoms with Gasteiger partial charge in [-0.25, -0.2) is 0 Å². The van der Waals surface area contributed by atoms with Crippen molar-refractivity contribution in [1.82, 2.24) is 9.13 Å². The summed E-state index contributed by atoms with van der Waals surface area (Å²) in [5, 5.41) is 5.09. The van der Waals surface area contributed by atoms with Crippen LogP contribution in [-0.2, 0) is 7.05 Å². The first-order valence-electron chi connectivity index (χ1n) is 12.0. The third kappa shape index (κ3) is 2.97. The molecule has 0 atom stereocenters. The second-order valence-corrected chi connectivity index (χ2v) is 9.09. The third-order valence-corrected chi connectivity index (χ3v) is 7.14. The molecular weight excluding hydrogens is 424 g/mol. The second-order valence-electron chi connectivity index (χ2n) is 9.09. The lowest BCUT2D eigenvalue weighted by Gasteiger charge is -2.15. The number of nitrogens with zero attached hydrogens (tertiary/aromatic N) is 2. The van der Waals surface area contributed by atoms with Gasteiger partial charge in [0.2, 0.25) is 0 Å². The number of benzene rings is 5. The van der Waals surface area contributed by atoms with E-state index in [0.29, 0.717) is 0 Å². The van der Waals surface area contributed by atoms with Crippen LogP contribution in [0.5, 0.6) is 0 Å². The van der Waals surface area contributed by atoms with Gasteiger partial charge in [0.25, 0.3) is 0 Å². The number of para-hydroxylation sites is 1. The molecule has 0 fully saturated rings. The SMILES string of the molecule is Cn1c2ccccc2c2ccc(-n3c(-c4ccccc4)c4ccccc4c3-c3ccccc3)cc21. The predicted octanol–water partition coefficient (Wildman–Crippen LogP) is 8.61. The predicted molar refractivity (Wildman–Crippen MR) is 148 cm³/mol. The molecule has 0 unspecified atom stereocenters. The molecule has 0 aliphatic carbocycles. The van der Waals surface area contributed by atoms with Gasteiger partial charge in [-0.15, -0.1) is 0 Å². The smallest absolute Gasteiger partial charge is 0.0613 e. The van der Waals surface area contributed by atoms with Crippen LogP contribution in [0.25, 0.3) is 60.8 Å². The van der Waals surface area contributed by atoms with Gasteiger partial charge in [-0.05, 0) is 29.3 Å². The Labute approximate surface area is 204 Å². The van der Waals surface area contributed by atoms with Gasteiger partial charge in [-0.3, -0.25) is 0 Å². The minimum absolute atomic E-state index is 1.16. The van der Waals surface area contributed by atoms with E-state index in [1.165, 1.54) is 55.1 Å². The number of hydrogen-bond donors (Lipinski definition) is 0. The first kappa shape index (κ1) is 19.9. The monoisotopic (exact) mass is 448 g/mol. The number of rotatable bonds is 3. The molecule has 35 heavy (non-hydrogen) atoms. The van der Waals surface area contributed by atoms with Gasteiger partial charge in [0.1, 0.15) is 0 Å². The van der Waals surface area contributed by atoms with E-state index in [0.717, 1.165) is 5.69 Å². The standard InChI is InChI=1S/C33H24N2/c1-34-30-19-11-10-16-26(30)27-21-20-25(22-31(27)34)35-32(23-12-4-2-5-13-23)28-17-8-9-18-29(28)33(35)24-14-6-3-7-15-24/h2-22H,1H3. The van der Waals surface area contributed by atoms with E-state index in [-0.39, 0.29) is 0 Å². The fourth-order valence-corrected chi connectivity index (χ4v) is 5.56. The molecule has 0 bridgehead atoms. The molecule has 2 heterocycles. The Bertz CT molecular complexity index is 1760. The Morgan fingerprint density at radius 3 is 1.51 bits per heavy atom. The van der Waals surface area contributed by atoms with E-state index in [2.05, 4.69) is 144 Å². The highest BCUT2D eigenvalue weighted by molar-refractivity contribution is 6.10. The number of aryl methyl sites for hydroxylation is 1. The van der Waals surface area contributed by atoms with Gasteiger partial charge >= 0.3 is 0 Å². The average molecular weight is 449 g/mol. The molecule has 2 aromatic heterocycles. The molecular formula is C33H24N2. The Morgan fingerprint density at radius 1 is 0.429 bits per heavy atom. The Kier molecular flexibility index (Phi) is 4.40. The van der Waals surface area contributed by atoms with Gasteiger partial charge in [0.05, 0.1) is 16.9 Å². The van der Waals surface area contributed by atoms with Crippen LogP contribution >= 0.6 is 0 Å². The van der Waals surface area contributed by atoms with E-state index in [9.17, 15) is 0 Å². The van der Waals surface area contributed by atoms with Crippen LogP contribution < -0.4 is 0 Å². The van der Waals surface area contributed by atoms with Crippen molar-refractivity contribution in [2.75, 3.05) is 0 Å². The maximum absolute atomic E-state index is 2.45. The molecule has 7 rings (SSSR count). The normalized spacial score (nSPS) is 11.6. The van der Waals surface area contributed by atoms with Crippen LogP contribution in [0.3, 0.4) is 0 Å². The van der Waals surface area contributed by atoms with Crippen molar-refractivity contribution in [2.45, 2.75) is 0 Å². The summed E-state index contributed by atoms with van der Waals surface area (Å²) in [6.07, 6.45) is 0. The number of aromatic nitrogens is 2. The lowest BCUT2D eigenvalue weighted by Crippen LogP contribution is -2.00. The van der Waals surface area contributed by atoms with Gasteiger partial charge in [-0.2, -0.15) is 0 Å². The molecule has 7 aromatic rings. The quantitative estimate of drug-likeness (QED) is 0.256. The Hall–Kier alpha value is -4.56. The topological polar surface area (TPSA) is 9.86 Å². The largest absolute Gasteiger partial charge is 0.344 e. The highest BCUT2D eigenvalue weighted by Gasteiger charge is 2.21. The first-order valence-corrected chi connectivity index (χ1v) is 12.0. The Balaban J connectivity index is 1.63. The summed E-state index contributed by atoms with van der Waals surface area (Å²) in [7, 11) is 2.16. The van der Waals surface area contributed by atoms with Crippen molar-refractivity contribution in [3.05, 3.63) is 127 Å². The van der Waals surface area contributed by atoms with Gasteiger partial charge in [0.15, 0.2) is 0 Å². The summed E-state index contributed by atoms with van der Waals surface area (Å²) < 4.78 is 4.76. The molecule has 0 saturated heterocycles. The molecule has 2 nitrogen and oxygen atoms in total. The average Bonchev–Trinajstić information content (AvgIpc) is 3.42.